The quantitative estimate of drug-likeness (QED) is 0.906. The summed E-state index contributed by atoms with van der Waals surface area (Å²) in [5, 5.41) is 9.36. The number of carbonyl (C=O) groups excluding carboxylic acids is 1. The van der Waals surface area contributed by atoms with Gasteiger partial charge >= 0.3 is 0 Å². The number of aliphatic hydroxyl groups is 1. The zero-order chi connectivity index (χ0) is 15.2. The average Bonchev–Trinajstić information content (AvgIpc) is 2.49. The number of hydrogen-bond donors (Lipinski definition) is 1. The lowest BCUT2D eigenvalue weighted by Crippen LogP contribution is -2.43. The summed E-state index contributed by atoms with van der Waals surface area (Å²) in [7, 11) is 0. The number of nitrogens with zero attached hydrogens (tertiary/aromatic N) is 1. The highest BCUT2D eigenvalue weighted by Gasteiger charge is 2.23. The van der Waals surface area contributed by atoms with Gasteiger partial charge in [0.15, 0.2) is 6.10 Å². The SMILES string of the molecule is CC(O)Cc1ccc(OC(C)C(=O)N2CCCCC2)cc1. The standard InChI is InChI=1S/C17H25NO3/c1-13(19)12-15-6-8-16(9-7-15)21-14(2)17(20)18-10-4-3-5-11-18/h6-9,13-14,19H,3-5,10-12H2,1-2H3. The Morgan fingerprint density at radius 3 is 2.38 bits per heavy atom. The van der Waals surface area contributed by atoms with Crippen LogP contribution in [0.15, 0.2) is 24.3 Å². The first kappa shape index (κ1) is 15.8. The van der Waals surface area contributed by atoms with Gasteiger partial charge in [-0.25, -0.2) is 0 Å². The van der Waals surface area contributed by atoms with Crippen molar-refractivity contribution in [3.8, 4) is 5.75 Å². The fraction of sp³-hybridized carbons (Fsp3) is 0.588. The van der Waals surface area contributed by atoms with Gasteiger partial charge in [-0.1, -0.05) is 12.1 Å². The largest absolute Gasteiger partial charge is 0.481 e. The number of piperidine rings is 1. The monoisotopic (exact) mass is 291 g/mol. The molecule has 0 radical (unpaired) electrons. The molecule has 21 heavy (non-hydrogen) atoms. The molecular formula is C17H25NO3. The maximum Gasteiger partial charge on any atom is 0.263 e. The van der Waals surface area contributed by atoms with E-state index >= 15 is 0 Å². The number of hydrogen-bond acceptors (Lipinski definition) is 3. The Morgan fingerprint density at radius 1 is 1.19 bits per heavy atom. The first-order valence-corrected chi connectivity index (χ1v) is 7.78. The predicted molar refractivity (Wildman–Crippen MR) is 82.3 cm³/mol. The maximum absolute atomic E-state index is 12.3. The van der Waals surface area contributed by atoms with Gasteiger partial charge in [-0.05, 0) is 57.2 Å². The minimum atomic E-state index is -0.453. The van der Waals surface area contributed by atoms with Gasteiger partial charge in [0, 0.05) is 13.1 Å². The van der Waals surface area contributed by atoms with Gasteiger partial charge in [-0.15, -0.1) is 0 Å². The molecule has 0 spiro atoms. The Morgan fingerprint density at radius 2 is 1.81 bits per heavy atom. The van der Waals surface area contributed by atoms with Crippen LogP contribution in [0.2, 0.25) is 0 Å². The van der Waals surface area contributed by atoms with E-state index in [1.807, 2.05) is 29.2 Å². The number of aliphatic hydroxyl groups excluding tert-OH is 1. The Hall–Kier alpha value is -1.55. The highest BCUT2D eigenvalue weighted by atomic mass is 16.5. The van der Waals surface area contributed by atoms with Crippen molar-refractivity contribution in [2.45, 2.75) is 51.7 Å². The fourth-order valence-electron chi connectivity index (χ4n) is 2.67. The summed E-state index contributed by atoms with van der Waals surface area (Å²) < 4.78 is 5.74. The van der Waals surface area contributed by atoms with Crippen molar-refractivity contribution in [2.75, 3.05) is 13.1 Å². The van der Waals surface area contributed by atoms with Gasteiger partial charge < -0.3 is 14.7 Å². The summed E-state index contributed by atoms with van der Waals surface area (Å²) in [6.07, 6.45) is 3.22. The van der Waals surface area contributed by atoms with E-state index in [0.717, 1.165) is 31.5 Å². The van der Waals surface area contributed by atoms with Gasteiger partial charge in [0.1, 0.15) is 5.75 Å². The molecular weight excluding hydrogens is 266 g/mol. The molecule has 2 atom stereocenters. The van der Waals surface area contributed by atoms with Crippen LogP contribution < -0.4 is 4.74 Å². The lowest BCUT2D eigenvalue weighted by Gasteiger charge is -2.29. The molecule has 4 heteroatoms. The number of likely N-dealkylation sites (tertiary alicyclic amines) is 1. The van der Waals surface area contributed by atoms with Crippen LogP contribution in [-0.2, 0) is 11.2 Å². The molecule has 1 saturated heterocycles. The molecule has 1 aliphatic heterocycles. The van der Waals surface area contributed by atoms with Crippen molar-refractivity contribution in [3.05, 3.63) is 29.8 Å². The summed E-state index contributed by atoms with van der Waals surface area (Å²) in [6.45, 7) is 5.27. The van der Waals surface area contributed by atoms with Gasteiger partial charge in [-0.3, -0.25) is 4.79 Å². The van der Waals surface area contributed by atoms with Crippen molar-refractivity contribution in [1.82, 2.24) is 4.90 Å². The third-order valence-corrected chi connectivity index (χ3v) is 3.78. The molecule has 2 unspecified atom stereocenters. The molecule has 1 N–H and O–H groups in total. The zero-order valence-electron chi connectivity index (χ0n) is 12.9. The number of ether oxygens (including phenoxy) is 1. The molecule has 1 aromatic carbocycles. The highest BCUT2D eigenvalue weighted by Crippen LogP contribution is 2.17. The third kappa shape index (κ3) is 4.74. The summed E-state index contributed by atoms with van der Waals surface area (Å²) in [6, 6.07) is 7.58. The molecule has 0 aliphatic carbocycles. The lowest BCUT2D eigenvalue weighted by molar-refractivity contribution is -0.138. The van der Waals surface area contributed by atoms with Crippen LogP contribution in [0.25, 0.3) is 0 Å². The van der Waals surface area contributed by atoms with Gasteiger partial charge in [0.2, 0.25) is 0 Å². The molecule has 1 amide bonds. The van der Waals surface area contributed by atoms with Crippen molar-refractivity contribution in [1.29, 1.82) is 0 Å². The minimum absolute atomic E-state index is 0.0720. The second-order valence-electron chi connectivity index (χ2n) is 5.84. The van der Waals surface area contributed by atoms with E-state index in [1.54, 1.807) is 13.8 Å². The normalized spacial score (nSPS) is 18.1. The van der Waals surface area contributed by atoms with Crippen LogP contribution in [-0.4, -0.2) is 41.2 Å². The van der Waals surface area contributed by atoms with Crippen LogP contribution in [0, 0.1) is 0 Å². The summed E-state index contributed by atoms with van der Waals surface area (Å²) in [5.41, 5.74) is 1.06. The van der Waals surface area contributed by atoms with Crippen LogP contribution in [0.3, 0.4) is 0 Å². The van der Waals surface area contributed by atoms with Crippen LogP contribution in [0.1, 0.15) is 38.7 Å². The van der Waals surface area contributed by atoms with E-state index in [4.69, 9.17) is 4.74 Å². The maximum atomic E-state index is 12.3. The lowest BCUT2D eigenvalue weighted by atomic mass is 10.1. The molecule has 1 aromatic rings. The van der Waals surface area contributed by atoms with Crippen molar-refractivity contribution in [3.63, 3.8) is 0 Å². The van der Waals surface area contributed by atoms with Gasteiger partial charge in [0.25, 0.3) is 5.91 Å². The van der Waals surface area contributed by atoms with Crippen molar-refractivity contribution < 1.29 is 14.6 Å². The molecule has 4 nitrogen and oxygen atoms in total. The Bertz CT molecular complexity index is 450. The first-order chi connectivity index (χ1) is 10.1. The molecule has 1 fully saturated rings. The first-order valence-electron chi connectivity index (χ1n) is 7.78. The topological polar surface area (TPSA) is 49.8 Å². The van der Waals surface area contributed by atoms with Crippen molar-refractivity contribution in [2.24, 2.45) is 0 Å². The third-order valence-electron chi connectivity index (χ3n) is 3.78. The van der Waals surface area contributed by atoms with E-state index in [0.29, 0.717) is 12.2 Å². The molecule has 0 bridgehead atoms. The molecule has 116 valence electrons. The molecule has 0 saturated carbocycles. The second kappa shape index (κ2) is 7.46. The molecule has 2 rings (SSSR count). The molecule has 0 aromatic heterocycles. The molecule has 1 aliphatic rings. The van der Waals surface area contributed by atoms with E-state index in [9.17, 15) is 9.90 Å². The van der Waals surface area contributed by atoms with Gasteiger partial charge in [-0.2, -0.15) is 0 Å². The molecule has 1 heterocycles. The summed E-state index contributed by atoms with van der Waals surface area (Å²) >= 11 is 0. The van der Waals surface area contributed by atoms with Gasteiger partial charge in [0.05, 0.1) is 6.10 Å². The number of benzene rings is 1. The Balaban J connectivity index is 1.89. The number of amides is 1. The van der Waals surface area contributed by atoms with E-state index in [-0.39, 0.29) is 12.0 Å². The fourth-order valence-corrected chi connectivity index (χ4v) is 2.67. The summed E-state index contributed by atoms with van der Waals surface area (Å²) in [5.74, 6) is 0.768. The Labute approximate surface area is 126 Å². The minimum Gasteiger partial charge on any atom is -0.481 e. The predicted octanol–water partition coefficient (Wildman–Crippen LogP) is 2.39. The zero-order valence-corrected chi connectivity index (χ0v) is 12.9. The van der Waals surface area contributed by atoms with Crippen molar-refractivity contribution >= 4 is 5.91 Å². The van der Waals surface area contributed by atoms with Crippen LogP contribution in [0.4, 0.5) is 0 Å². The van der Waals surface area contributed by atoms with E-state index < -0.39 is 6.10 Å². The van der Waals surface area contributed by atoms with Crippen LogP contribution >= 0.6 is 0 Å². The number of rotatable bonds is 5. The number of carbonyl (C=O) groups is 1. The van der Waals surface area contributed by atoms with E-state index in [1.165, 1.54) is 6.42 Å². The smallest absolute Gasteiger partial charge is 0.263 e. The average molecular weight is 291 g/mol. The second-order valence-corrected chi connectivity index (χ2v) is 5.84. The highest BCUT2D eigenvalue weighted by molar-refractivity contribution is 5.81. The van der Waals surface area contributed by atoms with Crippen LogP contribution in [0.5, 0.6) is 5.75 Å². The van der Waals surface area contributed by atoms with E-state index in [2.05, 4.69) is 0 Å². The summed E-state index contributed by atoms with van der Waals surface area (Å²) in [4.78, 5) is 14.2. The Kier molecular flexibility index (Phi) is 5.62.